The average molecular weight is 372 g/mol. The number of benzene rings is 1. The summed E-state index contributed by atoms with van der Waals surface area (Å²) in [5, 5.41) is 3.55. The lowest BCUT2D eigenvalue weighted by atomic mass is 10.2. The summed E-state index contributed by atoms with van der Waals surface area (Å²) in [5.74, 6) is 0.588. The number of hydrogen-bond acceptors (Lipinski definition) is 4. The van der Waals surface area contributed by atoms with Gasteiger partial charge in [-0.05, 0) is 45.3 Å². The Balaban J connectivity index is 1.83. The molecule has 6 nitrogen and oxygen atoms in total. The van der Waals surface area contributed by atoms with E-state index in [1.165, 1.54) is 0 Å². The number of hydrogen-bond donors (Lipinski definition) is 1. The summed E-state index contributed by atoms with van der Waals surface area (Å²) in [4.78, 5) is 23.5. The zero-order chi connectivity index (χ0) is 18.7. The first-order valence-electron chi connectivity index (χ1n) is 8.47. The summed E-state index contributed by atoms with van der Waals surface area (Å²) in [6.07, 6.45) is 2.48. The second-order valence-corrected chi connectivity index (χ2v) is 6.86. The summed E-state index contributed by atoms with van der Waals surface area (Å²) in [6.45, 7) is 1.56. The largest absolute Gasteiger partial charge is 0.352 e. The molecule has 0 atom stereocenters. The quantitative estimate of drug-likeness (QED) is 0.677. The number of nitrogens with zero attached hydrogens (tertiary/aromatic N) is 4. The maximum atomic E-state index is 12.3. The number of aromatic nitrogens is 3. The number of halogens is 1. The van der Waals surface area contributed by atoms with Gasteiger partial charge < -0.3 is 14.8 Å². The van der Waals surface area contributed by atoms with E-state index in [2.05, 4.69) is 20.2 Å². The maximum absolute atomic E-state index is 12.3. The van der Waals surface area contributed by atoms with Crippen LogP contribution < -0.4 is 5.32 Å². The fraction of sp³-hybridized carbons (Fsp3) is 0.316. The topological polar surface area (TPSA) is 63.1 Å². The minimum Gasteiger partial charge on any atom is -0.352 e. The van der Waals surface area contributed by atoms with E-state index < -0.39 is 0 Å². The van der Waals surface area contributed by atoms with Crippen LogP contribution in [0, 0.1) is 0 Å². The molecule has 0 bridgehead atoms. The molecule has 0 spiro atoms. The molecule has 0 aliphatic heterocycles. The van der Waals surface area contributed by atoms with E-state index in [1.807, 2.05) is 50.0 Å². The number of amides is 1. The molecule has 0 unspecified atom stereocenters. The number of pyridine rings is 1. The first kappa shape index (κ1) is 18.4. The molecular weight excluding hydrogens is 350 g/mol. The molecule has 0 radical (unpaired) electrons. The minimum absolute atomic E-state index is 0.136. The Morgan fingerprint density at radius 2 is 2.08 bits per heavy atom. The van der Waals surface area contributed by atoms with Crippen molar-refractivity contribution >= 4 is 28.7 Å². The summed E-state index contributed by atoms with van der Waals surface area (Å²) in [6, 6.07) is 9.31. The van der Waals surface area contributed by atoms with Crippen molar-refractivity contribution in [2.45, 2.75) is 6.42 Å². The van der Waals surface area contributed by atoms with Crippen LogP contribution in [0.2, 0.25) is 5.02 Å². The number of aryl methyl sites for hydroxylation is 1. The van der Waals surface area contributed by atoms with Gasteiger partial charge in [0.15, 0.2) is 5.65 Å². The Morgan fingerprint density at radius 1 is 1.31 bits per heavy atom. The highest BCUT2D eigenvalue weighted by Gasteiger charge is 2.15. The standard InChI is InChI=1S/C19H22ClN5O/c1-24(2)10-6-9-21-19(26)13-11-16-18(22-12-13)25(3)17(23-16)14-7-4-5-8-15(14)20/h4-5,7-8,11-12H,6,9-10H2,1-3H3,(H,21,26). The Kier molecular flexibility index (Phi) is 5.54. The van der Waals surface area contributed by atoms with E-state index in [0.29, 0.717) is 28.3 Å². The molecule has 0 aliphatic rings. The smallest absolute Gasteiger partial charge is 0.252 e. The first-order valence-corrected chi connectivity index (χ1v) is 8.85. The summed E-state index contributed by atoms with van der Waals surface area (Å²) in [5.41, 5.74) is 2.72. The summed E-state index contributed by atoms with van der Waals surface area (Å²) < 4.78 is 1.88. The number of fused-ring (bicyclic) bond motifs is 1. The van der Waals surface area contributed by atoms with E-state index >= 15 is 0 Å². The van der Waals surface area contributed by atoms with Crippen molar-refractivity contribution in [1.82, 2.24) is 24.8 Å². The van der Waals surface area contributed by atoms with E-state index in [9.17, 15) is 4.79 Å². The summed E-state index contributed by atoms with van der Waals surface area (Å²) >= 11 is 6.29. The third-order valence-corrected chi connectivity index (χ3v) is 4.48. The highest BCUT2D eigenvalue weighted by Crippen LogP contribution is 2.28. The number of imidazole rings is 1. The average Bonchev–Trinajstić information content (AvgIpc) is 2.95. The van der Waals surface area contributed by atoms with Crippen LogP contribution in [-0.2, 0) is 7.05 Å². The predicted molar refractivity (Wildman–Crippen MR) is 104 cm³/mol. The Bertz CT molecular complexity index is 935. The number of carbonyl (C=O) groups is 1. The SMILES string of the molecule is CN(C)CCCNC(=O)c1cnc2c(c1)nc(-c1ccccc1Cl)n2C. The van der Waals surface area contributed by atoms with Gasteiger partial charge in [0.1, 0.15) is 11.3 Å². The van der Waals surface area contributed by atoms with Crippen LogP contribution in [0.15, 0.2) is 36.5 Å². The molecule has 1 amide bonds. The fourth-order valence-electron chi connectivity index (χ4n) is 2.78. The van der Waals surface area contributed by atoms with Crippen LogP contribution in [0.25, 0.3) is 22.6 Å². The van der Waals surface area contributed by atoms with Gasteiger partial charge in [-0.2, -0.15) is 0 Å². The summed E-state index contributed by atoms with van der Waals surface area (Å²) in [7, 11) is 5.91. The lowest BCUT2D eigenvalue weighted by Gasteiger charge is -2.09. The second kappa shape index (κ2) is 7.85. The molecule has 1 aromatic carbocycles. The maximum Gasteiger partial charge on any atom is 0.252 e. The van der Waals surface area contributed by atoms with Gasteiger partial charge in [0.05, 0.1) is 10.6 Å². The highest BCUT2D eigenvalue weighted by molar-refractivity contribution is 6.33. The third-order valence-electron chi connectivity index (χ3n) is 4.15. The van der Waals surface area contributed by atoms with Gasteiger partial charge >= 0.3 is 0 Å². The molecule has 3 rings (SSSR count). The van der Waals surface area contributed by atoms with Gasteiger partial charge in [-0.15, -0.1) is 0 Å². The van der Waals surface area contributed by atoms with E-state index in [4.69, 9.17) is 11.6 Å². The van der Waals surface area contributed by atoms with Crippen molar-refractivity contribution in [2.24, 2.45) is 7.05 Å². The van der Waals surface area contributed by atoms with Gasteiger partial charge in [0.2, 0.25) is 0 Å². The van der Waals surface area contributed by atoms with E-state index in [1.54, 1.807) is 12.3 Å². The normalized spacial score (nSPS) is 11.3. The Labute approximate surface area is 157 Å². The van der Waals surface area contributed by atoms with E-state index in [-0.39, 0.29) is 5.91 Å². The Morgan fingerprint density at radius 3 is 2.81 bits per heavy atom. The van der Waals surface area contributed by atoms with Crippen molar-refractivity contribution in [1.29, 1.82) is 0 Å². The molecule has 26 heavy (non-hydrogen) atoms. The van der Waals surface area contributed by atoms with E-state index in [0.717, 1.165) is 24.4 Å². The molecule has 136 valence electrons. The molecule has 7 heteroatoms. The zero-order valence-electron chi connectivity index (χ0n) is 15.2. The number of carbonyl (C=O) groups excluding carboxylic acids is 1. The lowest BCUT2D eigenvalue weighted by molar-refractivity contribution is 0.0952. The van der Waals surface area contributed by atoms with Crippen LogP contribution in [0.4, 0.5) is 0 Å². The predicted octanol–water partition coefficient (Wildman–Crippen LogP) is 2.97. The van der Waals surface area contributed by atoms with Crippen LogP contribution in [-0.4, -0.2) is 52.5 Å². The van der Waals surface area contributed by atoms with Gasteiger partial charge in [0, 0.05) is 25.4 Å². The van der Waals surface area contributed by atoms with Crippen LogP contribution in [0.3, 0.4) is 0 Å². The lowest BCUT2D eigenvalue weighted by Crippen LogP contribution is -2.27. The molecule has 2 heterocycles. The van der Waals surface area contributed by atoms with Gasteiger partial charge in [-0.25, -0.2) is 9.97 Å². The molecule has 1 N–H and O–H groups in total. The minimum atomic E-state index is -0.136. The molecular formula is C19H22ClN5O. The van der Waals surface area contributed by atoms with Crippen LogP contribution in [0.5, 0.6) is 0 Å². The molecule has 0 saturated carbocycles. The van der Waals surface area contributed by atoms with Crippen molar-refractivity contribution in [3.63, 3.8) is 0 Å². The molecule has 0 aliphatic carbocycles. The van der Waals surface area contributed by atoms with Crippen molar-refractivity contribution in [3.05, 3.63) is 47.1 Å². The second-order valence-electron chi connectivity index (χ2n) is 6.45. The van der Waals surface area contributed by atoms with Gasteiger partial charge in [-0.3, -0.25) is 4.79 Å². The van der Waals surface area contributed by atoms with Crippen molar-refractivity contribution < 1.29 is 4.79 Å². The zero-order valence-corrected chi connectivity index (χ0v) is 15.9. The van der Waals surface area contributed by atoms with Crippen molar-refractivity contribution in [3.8, 4) is 11.4 Å². The molecule has 3 aromatic rings. The van der Waals surface area contributed by atoms with Gasteiger partial charge in [0.25, 0.3) is 5.91 Å². The molecule has 2 aromatic heterocycles. The number of nitrogens with one attached hydrogen (secondary N) is 1. The third kappa shape index (κ3) is 3.86. The Hall–Kier alpha value is -2.44. The molecule has 0 saturated heterocycles. The number of rotatable bonds is 6. The monoisotopic (exact) mass is 371 g/mol. The first-order chi connectivity index (χ1) is 12.5. The van der Waals surface area contributed by atoms with Crippen LogP contribution >= 0.6 is 11.6 Å². The van der Waals surface area contributed by atoms with Crippen LogP contribution in [0.1, 0.15) is 16.8 Å². The fourth-order valence-corrected chi connectivity index (χ4v) is 3.00. The van der Waals surface area contributed by atoms with Gasteiger partial charge in [-0.1, -0.05) is 23.7 Å². The highest BCUT2D eigenvalue weighted by atomic mass is 35.5. The van der Waals surface area contributed by atoms with Crippen molar-refractivity contribution in [2.75, 3.05) is 27.2 Å². The molecule has 0 fully saturated rings.